The molecule has 1 aliphatic rings. The van der Waals surface area contributed by atoms with Gasteiger partial charge >= 0.3 is 0 Å². The lowest BCUT2D eigenvalue weighted by Crippen LogP contribution is -2.26. The summed E-state index contributed by atoms with van der Waals surface area (Å²) in [6, 6.07) is 6.06. The predicted molar refractivity (Wildman–Crippen MR) is 78.4 cm³/mol. The molecule has 0 bridgehead atoms. The Balaban J connectivity index is 2.06. The number of benzene rings is 1. The number of carbonyl (C=O) groups excluding carboxylic acids is 1. The molecule has 0 radical (unpaired) electrons. The molecule has 3 nitrogen and oxygen atoms in total. The van der Waals surface area contributed by atoms with Crippen LogP contribution in [-0.4, -0.2) is 18.5 Å². The van der Waals surface area contributed by atoms with Crippen molar-refractivity contribution in [3.63, 3.8) is 0 Å². The number of hydrogen-bond donors (Lipinski definition) is 2. The lowest BCUT2D eigenvalue weighted by atomic mass is 10.1. The Hall–Kier alpha value is -0.490. The topological polar surface area (TPSA) is 41.1 Å². The number of halogens is 2. The third-order valence-corrected chi connectivity index (χ3v) is 3.76. The quantitative estimate of drug-likeness (QED) is 0.792. The van der Waals surface area contributed by atoms with Crippen LogP contribution >= 0.6 is 34.2 Å². The van der Waals surface area contributed by atoms with Crippen LogP contribution in [0.1, 0.15) is 19.3 Å². The van der Waals surface area contributed by atoms with Crippen molar-refractivity contribution in [2.45, 2.75) is 25.3 Å². The summed E-state index contributed by atoms with van der Waals surface area (Å²) >= 11 is 8.38. The summed E-state index contributed by atoms with van der Waals surface area (Å²) in [6.07, 6.45) is 2.51. The number of hydrogen-bond acceptors (Lipinski definition) is 2. The van der Waals surface area contributed by atoms with Crippen molar-refractivity contribution in [3.8, 4) is 0 Å². The highest BCUT2D eigenvalue weighted by atomic mass is 127. The van der Waals surface area contributed by atoms with Crippen molar-refractivity contribution in [2.24, 2.45) is 0 Å². The molecule has 92 valence electrons. The van der Waals surface area contributed by atoms with Crippen LogP contribution in [0.25, 0.3) is 0 Å². The van der Waals surface area contributed by atoms with E-state index >= 15 is 0 Å². The van der Waals surface area contributed by atoms with E-state index in [0.29, 0.717) is 11.4 Å². The van der Waals surface area contributed by atoms with Crippen molar-refractivity contribution < 1.29 is 4.79 Å². The molecule has 1 aliphatic heterocycles. The summed E-state index contributed by atoms with van der Waals surface area (Å²) in [6.45, 7) is 0.775. The maximum atomic E-state index is 11.4. The first-order valence-corrected chi connectivity index (χ1v) is 7.09. The number of nitrogens with one attached hydrogen (secondary N) is 2. The van der Waals surface area contributed by atoms with Gasteiger partial charge in [-0.05, 0) is 53.6 Å². The van der Waals surface area contributed by atoms with Gasteiger partial charge in [-0.1, -0.05) is 11.6 Å². The second-order valence-corrected chi connectivity index (χ2v) is 5.81. The Morgan fingerprint density at radius 1 is 1.47 bits per heavy atom. The van der Waals surface area contributed by atoms with Crippen LogP contribution in [0.3, 0.4) is 0 Å². The van der Waals surface area contributed by atoms with Gasteiger partial charge in [0, 0.05) is 22.6 Å². The summed E-state index contributed by atoms with van der Waals surface area (Å²) in [5.74, 6) is 0.113. The average molecular weight is 365 g/mol. The van der Waals surface area contributed by atoms with Crippen molar-refractivity contribution in [1.82, 2.24) is 5.32 Å². The molecule has 1 amide bonds. The molecule has 1 saturated heterocycles. The smallest absolute Gasteiger partial charge is 0.222 e. The molecule has 1 fully saturated rings. The lowest BCUT2D eigenvalue weighted by Gasteiger charge is -2.17. The Kier molecular flexibility index (Phi) is 4.50. The number of anilines is 1. The molecular weight excluding hydrogens is 351 g/mol. The van der Waals surface area contributed by atoms with E-state index in [1.54, 1.807) is 0 Å². The fourth-order valence-electron chi connectivity index (χ4n) is 1.92. The number of carbonyl (C=O) groups is 1. The molecule has 17 heavy (non-hydrogen) atoms. The van der Waals surface area contributed by atoms with Gasteiger partial charge in [0.1, 0.15) is 0 Å². The van der Waals surface area contributed by atoms with E-state index < -0.39 is 0 Å². The zero-order valence-corrected chi connectivity index (χ0v) is 12.2. The second-order valence-electron chi connectivity index (χ2n) is 4.16. The van der Waals surface area contributed by atoms with Gasteiger partial charge in [0.2, 0.25) is 5.91 Å². The minimum Gasteiger partial charge on any atom is -0.381 e. The molecule has 0 aromatic heterocycles. The van der Waals surface area contributed by atoms with Gasteiger partial charge in [0.05, 0.1) is 10.7 Å². The zero-order chi connectivity index (χ0) is 12.3. The van der Waals surface area contributed by atoms with Gasteiger partial charge < -0.3 is 10.6 Å². The van der Waals surface area contributed by atoms with Gasteiger partial charge in [-0.15, -0.1) is 0 Å². The molecule has 0 saturated carbocycles. The predicted octanol–water partition coefficient (Wildman–Crippen LogP) is 3.03. The average Bonchev–Trinajstić information content (AvgIpc) is 2.47. The SMILES string of the molecule is O=C1CC(Nc2ccc(I)cc2Cl)CCCN1. The molecule has 0 aliphatic carbocycles. The number of rotatable bonds is 2. The molecule has 1 atom stereocenters. The van der Waals surface area contributed by atoms with Gasteiger partial charge in [-0.25, -0.2) is 0 Å². The van der Waals surface area contributed by atoms with Crippen molar-refractivity contribution >= 4 is 45.8 Å². The van der Waals surface area contributed by atoms with Crippen LogP contribution in [0.2, 0.25) is 5.02 Å². The highest BCUT2D eigenvalue weighted by Gasteiger charge is 2.17. The summed E-state index contributed by atoms with van der Waals surface area (Å²) in [5.41, 5.74) is 0.909. The maximum Gasteiger partial charge on any atom is 0.222 e. The zero-order valence-electron chi connectivity index (χ0n) is 9.30. The Morgan fingerprint density at radius 3 is 3.06 bits per heavy atom. The van der Waals surface area contributed by atoms with E-state index in [1.165, 1.54) is 0 Å². The van der Waals surface area contributed by atoms with Crippen LogP contribution in [0.5, 0.6) is 0 Å². The van der Waals surface area contributed by atoms with Crippen LogP contribution in [-0.2, 0) is 4.79 Å². The monoisotopic (exact) mass is 364 g/mol. The third kappa shape index (κ3) is 3.74. The fraction of sp³-hybridized carbons (Fsp3) is 0.417. The Bertz CT molecular complexity index is 425. The van der Waals surface area contributed by atoms with Crippen molar-refractivity contribution in [1.29, 1.82) is 0 Å². The molecule has 1 aromatic rings. The van der Waals surface area contributed by atoms with Gasteiger partial charge in [0.15, 0.2) is 0 Å². The van der Waals surface area contributed by atoms with E-state index in [4.69, 9.17) is 11.6 Å². The molecule has 0 spiro atoms. The minimum atomic E-state index is 0.113. The summed E-state index contributed by atoms with van der Waals surface area (Å²) in [7, 11) is 0. The van der Waals surface area contributed by atoms with Crippen LogP contribution in [0, 0.1) is 3.57 Å². The first-order chi connectivity index (χ1) is 8.15. The first-order valence-electron chi connectivity index (χ1n) is 5.63. The van der Waals surface area contributed by atoms with Crippen molar-refractivity contribution in [2.75, 3.05) is 11.9 Å². The highest BCUT2D eigenvalue weighted by Crippen LogP contribution is 2.25. The summed E-state index contributed by atoms with van der Waals surface area (Å²) in [4.78, 5) is 11.4. The minimum absolute atomic E-state index is 0.113. The first kappa shape index (κ1) is 13.0. The van der Waals surface area contributed by atoms with Gasteiger partial charge in [0.25, 0.3) is 0 Å². The van der Waals surface area contributed by atoms with Crippen LogP contribution < -0.4 is 10.6 Å². The molecule has 2 rings (SSSR count). The van der Waals surface area contributed by atoms with E-state index in [2.05, 4.69) is 33.2 Å². The van der Waals surface area contributed by atoms with Gasteiger partial charge in [-0.3, -0.25) is 4.79 Å². The number of amides is 1. The van der Waals surface area contributed by atoms with E-state index in [9.17, 15) is 4.79 Å². The molecule has 5 heteroatoms. The third-order valence-electron chi connectivity index (χ3n) is 2.77. The molecule has 1 aromatic carbocycles. The lowest BCUT2D eigenvalue weighted by molar-refractivity contribution is -0.120. The molecule has 1 unspecified atom stereocenters. The summed E-state index contributed by atoms with van der Waals surface area (Å²) < 4.78 is 1.11. The standard InChI is InChI=1S/C12H14ClIN2O/c13-10-6-8(14)3-4-11(10)16-9-2-1-5-15-12(17)7-9/h3-4,6,9,16H,1-2,5,7H2,(H,15,17). The molecule has 1 heterocycles. The van der Waals surface area contributed by atoms with Crippen LogP contribution in [0.4, 0.5) is 5.69 Å². The molecule has 2 N–H and O–H groups in total. The summed E-state index contributed by atoms with van der Waals surface area (Å²) in [5, 5.41) is 6.93. The maximum absolute atomic E-state index is 11.4. The largest absolute Gasteiger partial charge is 0.381 e. The Labute approximate surface area is 119 Å². The Morgan fingerprint density at radius 2 is 2.29 bits per heavy atom. The highest BCUT2D eigenvalue weighted by molar-refractivity contribution is 14.1. The fourth-order valence-corrected chi connectivity index (χ4v) is 2.83. The second kappa shape index (κ2) is 5.91. The normalized spacial score (nSPS) is 20.6. The van der Waals surface area contributed by atoms with Crippen molar-refractivity contribution in [3.05, 3.63) is 26.8 Å². The van der Waals surface area contributed by atoms with E-state index in [1.807, 2.05) is 18.2 Å². The van der Waals surface area contributed by atoms with E-state index in [-0.39, 0.29) is 11.9 Å². The van der Waals surface area contributed by atoms with Gasteiger partial charge in [-0.2, -0.15) is 0 Å². The van der Waals surface area contributed by atoms with Crippen LogP contribution in [0.15, 0.2) is 18.2 Å². The molecular formula is C12H14ClIN2O. The van der Waals surface area contributed by atoms with E-state index in [0.717, 1.165) is 28.6 Å².